The van der Waals surface area contributed by atoms with E-state index in [2.05, 4.69) is 75.5 Å². The SMILES string of the molecule is Cl.Cl.Oc1c(Br)cc(Br)c([C@H](c2cccs2)N2CCNCC2)c1Br. The number of rotatable bonds is 3. The maximum atomic E-state index is 10.3. The number of aromatic hydroxyl groups is 1. The zero-order valence-electron chi connectivity index (χ0n) is 12.5. The fraction of sp³-hybridized carbons (Fsp3) is 0.333. The van der Waals surface area contributed by atoms with Crippen LogP contribution in [0, 0.1) is 0 Å². The van der Waals surface area contributed by atoms with Gasteiger partial charge in [0.15, 0.2) is 0 Å². The molecule has 3 nitrogen and oxygen atoms in total. The van der Waals surface area contributed by atoms with E-state index in [9.17, 15) is 5.11 Å². The van der Waals surface area contributed by atoms with Gasteiger partial charge >= 0.3 is 0 Å². The summed E-state index contributed by atoms with van der Waals surface area (Å²) in [5.74, 6) is 0.245. The summed E-state index contributed by atoms with van der Waals surface area (Å²) in [6.07, 6.45) is 0. The topological polar surface area (TPSA) is 35.5 Å². The van der Waals surface area contributed by atoms with Crippen LogP contribution in [-0.2, 0) is 0 Å². The molecule has 134 valence electrons. The average molecular weight is 584 g/mol. The number of piperazine rings is 1. The van der Waals surface area contributed by atoms with Gasteiger partial charge in [0.25, 0.3) is 0 Å². The monoisotopic (exact) mass is 580 g/mol. The normalized spacial score (nSPS) is 16.1. The standard InChI is InChI=1S/C15H15Br3N2OS.2ClH/c16-9-8-10(17)15(21)13(18)12(9)14(11-2-1-7-22-11)20-5-3-19-4-6-20;;/h1-2,7-8,14,19,21H,3-6H2;2*1H/t14-;;/m0../s1. The summed E-state index contributed by atoms with van der Waals surface area (Å²) in [7, 11) is 0. The molecule has 24 heavy (non-hydrogen) atoms. The van der Waals surface area contributed by atoms with E-state index in [1.54, 1.807) is 11.3 Å². The van der Waals surface area contributed by atoms with Gasteiger partial charge < -0.3 is 10.4 Å². The number of phenols is 1. The number of nitrogens with zero attached hydrogens (tertiary/aromatic N) is 1. The van der Waals surface area contributed by atoms with Crippen LogP contribution in [0.15, 0.2) is 37.0 Å². The van der Waals surface area contributed by atoms with Crippen molar-refractivity contribution in [2.75, 3.05) is 26.2 Å². The molecule has 0 radical (unpaired) electrons. The molecule has 0 aliphatic carbocycles. The lowest BCUT2D eigenvalue weighted by Crippen LogP contribution is -2.45. The molecule has 2 heterocycles. The van der Waals surface area contributed by atoms with Crippen molar-refractivity contribution >= 4 is 83.9 Å². The smallest absolute Gasteiger partial charge is 0.144 e. The molecule has 9 heteroatoms. The third-order valence-corrected chi connectivity index (χ3v) is 6.77. The minimum absolute atomic E-state index is 0. The van der Waals surface area contributed by atoms with Crippen LogP contribution in [0.4, 0.5) is 0 Å². The molecule has 1 saturated heterocycles. The molecule has 1 aromatic carbocycles. The second-order valence-corrected chi connectivity index (χ2v) is 8.60. The van der Waals surface area contributed by atoms with Gasteiger partial charge in [-0.1, -0.05) is 22.0 Å². The average Bonchev–Trinajstić information content (AvgIpc) is 3.04. The highest BCUT2D eigenvalue weighted by Crippen LogP contribution is 2.46. The summed E-state index contributed by atoms with van der Waals surface area (Å²) >= 11 is 12.4. The van der Waals surface area contributed by atoms with Gasteiger partial charge in [0.1, 0.15) is 5.75 Å². The number of hydrogen-bond acceptors (Lipinski definition) is 4. The zero-order valence-corrected chi connectivity index (χ0v) is 19.7. The minimum atomic E-state index is 0. The number of thiophene rings is 1. The van der Waals surface area contributed by atoms with Crippen LogP contribution >= 0.6 is 83.9 Å². The molecule has 0 amide bonds. The molecule has 0 saturated carbocycles. The van der Waals surface area contributed by atoms with Crippen molar-refractivity contribution in [2.45, 2.75) is 6.04 Å². The third kappa shape index (κ3) is 4.68. The summed E-state index contributed by atoms with van der Waals surface area (Å²) in [5.41, 5.74) is 1.07. The predicted octanol–water partition coefficient (Wildman–Crippen LogP) is 5.58. The van der Waals surface area contributed by atoms with Gasteiger partial charge in [0, 0.05) is 41.1 Å². The Hall–Kier alpha value is 0.660. The van der Waals surface area contributed by atoms with Crippen molar-refractivity contribution in [1.29, 1.82) is 0 Å². The summed E-state index contributed by atoms with van der Waals surface area (Å²) in [5, 5.41) is 15.8. The Morgan fingerprint density at radius 1 is 1.12 bits per heavy atom. The summed E-state index contributed by atoms with van der Waals surface area (Å²) < 4.78 is 2.41. The summed E-state index contributed by atoms with van der Waals surface area (Å²) in [6.45, 7) is 3.94. The van der Waals surface area contributed by atoms with Crippen LogP contribution in [-0.4, -0.2) is 36.2 Å². The Labute approximate surface area is 183 Å². The van der Waals surface area contributed by atoms with Crippen molar-refractivity contribution in [1.82, 2.24) is 10.2 Å². The second-order valence-electron chi connectivity index (χ2n) is 5.12. The first-order chi connectivity index (χ1) is 10.6. The highest BCUT2D eigenvalue weighted by Gasteiger charge is 2.29. The van der Waals surface area contributed by atoms with Gasteiger partial charge in [-0.05, 0) is 49.4 Å². The van der Waals surface area contributed by atoms with E-state index in [4.69, 9.17) is 0 Å². The Kier molecular flexibility index (Phi) is 9.57. The predicted molar refractivity (Wildman–Crippen MR) is 116 cm³/mol. The molecule has 1 fully saturated rings. The lowest BCUT2D eigenvalue weighted by molar-refractivity contribution is 0.199. The van der Waals surface area contributed by atoms with Crippen molar-refractivity contribution in [2.24, 2.45) is 0 Å². The molecule has 1 aliphatic heterocycles. The molecule has 1 aliphatic rings. The fourth-order valence-electron chi connectivity index (χ4n) is 2.74. The van der Waals surface area contributed by atoms with E-state index < -0.39 is 0 Å². The molecular weight excluding hydrogens is 567 g/mol. The first-order valence-corrected chi connectivity index (χ1v) is 10.2. The quantitative estimate of drug-likeness (QED) is 0.495. The first-order valence-electron chi connectivity index (χ1n) is 6.94. The lowest BCUT2D eigenvalue weighted by Gasteiger charge is -2.35. The fourth-order valence-corrected chi connectivity index (χ4v) is 6.16. The van der Waals surface area contributed by atoms with Crippen LogP contribution in [0.5, 0.6) is 5.75 Å². The van der Waals surface area contributed by atoms with Crippen LogP contribution in [0.2, 0.25) is 0 Å². The zero-order chi connectivity index (χ0) is 15.7. The molecular formula is C15H17Br3Cl2N2OS. The molecule has 1 atom stereocenters. The number of phenolic OH excluding ortho intramolecular Hbond substituents is 1. The minimum Gasteiger partial charge on any atom is -0.506 e. The van der Waals surface area contributed by atoms with E-state index in [0.29, 0.717) is 4.47 Å². The largest absolute Gasteiger partial charge is 0.506 e. The summed E-state index contributed by atoms with van der Waals surface area (Å²) in [6, 6.07) is 6.29. The van der Waals surface area contributed by atoms with E-state index in [1.807, 2.05) is 6.07 Å². The number of benzene rings is 1. The van der Waals surface area contributed by atoms with Crippen LogP contribution in [0.3, 0.4) is 0 Å². The van der Waals surface area contributed by atoms with Gasteiger partial charge in [-0.3, -0.25) is 4.90 Å². The van der Waals surface area contributed by atoms with Gasteiger partial charge in [0.2, 0.25) is 0 Å². The van der Waals surface area contributed by atoms with Crippen molar-refractivity contribution < 1.29 is 5.11 Å². The Balaban J connectivity index is 0.00000144. The molecule has 0 spiro atoms. The van der Waals surface area contributed by atoms with Gasteiger partial charge in [0.05, 0.1) is 15.0 Å². The van der Waals surface area contributed by atoms with Gasteiger partial charge in [-0.2, -0.15) is 0 Å². The van der Waals surface area contributed by atoms with E-state index >= 15 is 0 Å². The molecule has 2 N–H and O–H groups in total. The van der Waals surface area contributed by atoms with Gasteiger partial charge in [-0.25, -0.2) is 0 Å². The van der Waals surface area contributed by atoms with Crippen LogP contribution in [0.25, 0.3) is 0 Å². The molecule has 2 aromatic rings. The van der Waals surface area contributed by atoms with E-state index in [-0.39, 0.29) is 36.6 Å². The van der Waals surface area contributed by atoms with E-state index in [0.717, 1.165) is 40.7 Å². The maximum absolute atomic E-state index is 10.3. The van der Waals surface area contributed by atoms with Crippen molar-refractivity contribution in [3.63, 3.8) is 0 Å². The molecule has 3 rings (SSSR count). The Bertz CT molecular complexity index is 667. The maximum Gasteiger partial charge on any atom is 0.144 e. The Morgan fingerprint density at radius 2 is 1.79 bits per heavy atom. The molecule has 0 bridgehead atoms. The number of nitrogens with one attached hydrogen (secondary N) is 1. The number of halogens is 5. The third-order valence-electron chi connectivity index (χ3n) is 3.78. The second kappa shape index (κ2) is 10.1. The van der Waals surface area contributed by atoms with Crippen LogP contribution in [0.1, 0.15) is 16.5 Å². The van der Waals surface area contributed by atoms with Crippen molar-refractivity contribution in [3.05, 3.63) is 47.4 Å². The molecule has 0 unspecified atom stereocenters. The number of hydrogen-bond donors (Lipinski definition) is 2. The van der Waals surface area contributed by atoms with E-state index in [1.165, 1.54) is 4.88 Å². The Morgan fingerprint density at radius 3 is 2.38 bits per heavy atom. The highest BCUT2D eigenvalue weighted by atomic mass is 79.9. The summed E-state index contributed by atoms with van der Waals surface area (Å²) in [4.78, 5) is 3.74. The van der Waals surface area contributed by atoms with Crippen molar-refractivity contribution in [3.8, 4) is 5.75 Å². The van der Waals surface area contributed by atoms with Crippen LogP contribution < -0.4 is 5.32 Å². The highest BCUT2D eigenvalue weighted by molar-refractivity contribution is 9.11. The first kappa shape index (κ1) is 22.7. The molecule has 1 aromatic heterocycles. The van der Waals surface area contributed by atoms with Gasteiger partial charge in [-0.15, -0.1) is 36.2 Å². The lowest BCUT2D eigenvalue weighted by atomic mass is 10.0.